The van der Waals surface area contributed by atoms with Crippen molar-refractivity contribution in [2.45, 2.75) is 58.6 Å². The van der Waals surface area contributed by atoms with Gasteiger partial charge in [-0.25, -0.2) is 0 Å². The van der Waals surface area contributed by atoms with Gasteiger partial charge in [0.25, 0.3) is 0 Å². The summed E-state index contributed by atoms with van der Waals surface area (Å²) in [5.41, 5.74) is 8.49. The standard InChI is InChI=1S/C18H29NO2.ClH/c1-3-9-21-18-8-7-15(11-17(19)4-2)10-16(18)13-20-12-14-5-6-14;/h7-8,10,14,17H,3-6,9,11-13,19H2,1-2H3;1H. The third kappa shape index (κ3) is 6.55. The molecule has 0 bridgehead atoms. The minimum absolute atomic E-state index is 0. The number of rotatable bonds is 10. The zero-order chi connectivity index (χ0) is 15.1. The molecule has 1 aliphatic carbocycles. The van der Waals surface area contributed by atoms with E-state index in [-0.39, 0.29) is 18.4 Å². The minimum atomic E-state index is 0. The van der Waals surface area contributed by atoms with Crippen LogP contribution in [0.2, 0.25) is 0 Å². The summed E-state index contributed by atoms with van der Waals surface area (Å²) in [5.74, 6) is 1.75. The second-order valence-corrected chi connectivity index (χ2v) is 6.12. The first kappa shape index (κ1) is 19.3. The first-order chi connectivity index (χ1) is 10.2. The van der Waals surface area contributed by atoms with E-state index in [4.69, 9.17) is 15.2 Å². The van der Waals surface area contributed by atoms with E-state index in [9.17, 15) is 0 Å². The molecule has 2 rings (SSSR count). The predicted molar refractivity (Wildman–Crippen MR) is 93.8 cm³/mol. The van der Waals surface area contributed by atoms with Crippen molar-refractivity contribution in [2.75, 3.05) is 13.2 Å². The quantitative estimate of drug-likeness (QED) is 0.703. The Labute approximate surface area is 141 Å². The summed E-state index contributed by atoms with van der Waals surface area (Å²) in [6.45, 7) is 6.53. The molecule has 0 amide bonds. The molecule has 4 heteroatoms. The lowest BCUT2D eigenvalue weighted by atomic mass is 10.0. The molecule has 2 N–H and O–H groups in total. The molecular formula is C18H30ClNO2. The molecule has 0 aromatic heterocycles. The molecule has 1 fully saturated rings. The van der Waals surface area contributed by atoms with Crippen molar-refractivity contribution in [1.82, 2.24) is 0 Å². The highest BCUT2D eigenvalue weighted by Crippen LogP contribution is 2.30. The SMILES string of the molecule is CCCOc1ccc(CC(N)CC)cc1COCC1CC1.Cl. The fraction of sp³-hybridized carbons (Fsp3) is 0.667. The zero-order valence-corrected chi connectivity index (χ0v) is 14.7. The lowest BCUT2D eigenvalue weighted by Gasteiger charge is -2.15. The molecule has 22 heavy (non-hydrogen) atoms. The molecule has 0 aliphatic heterocycles. The van der Waals surface area contributed by atoms with Gasteiger partial charge in [-0.05, 0) is 55.7 Å². The molecule has 0 spiro atoms. The van der Waals surface area contributed by atoms with Gasteiger partial charge in [0.1, 0.15) is 5.75 Å². The third-order valence-electron chi connectivity index (χ3n) is 3.92. The molecule has 1 aromatic carbocycles. The van der Waals surface area contributed by atoms with Crippen LogP contribution in [0.1, 0.15) is 50.7 Å². The van der Waals surface area contributed by atoms with Crippen LogP contribution in [-0.2, 0) is 17.8 Å². The lowest BCUT2D eigenvalue weighted by Crippen LogP contribution is -2.21. The summed E-state index contributed by atoms with van der Waals surface area (Å²) in [6, 6.07) is 6.63. The zero-order valence-electron chi connectivity index (χ0n) is 13.8. The molecule has 1 aliphatic rings. The summed E-state index contributed by atoms with van der Waals surface area (Å²) >= 11 is 0. The minimum Gasteiger partial charge on any atom is -0.493 e. The Kier molecular flexibility index (Phi) is 8.84. The lowest BCUT2D eigenvalue weighted by molar-refractivity contribution is 0.109. The van der Waals surface area contributed by atoms with Crippen LogP contribution >= 0.6 is 12.4 Å². The molecule has 126 valence electrons. The van der Waals surface area contributed by atoms with E-state index in [1.165, 1.54) is 18.4 Å². The highest BCUT2D eigenvalue weighted by atomic mass is 35.5. The van der Waals surface area contributed by atoms with Crippen LogP contribution in [0.3, 0.4) is 0 Å². The van der Waals surface area contributed by atoms with E-state index >= 15 is 0 Å². The van der Waals surface area contributed by atoms with Crippen molar-refractivity contribution in [3.05, 3.63) is 29.3 Å². The number of benzene rings is 1. The van der Waals surface area contributed by atoms with Crippen molar-refractivity contribution in [2.24, 2.45) is 11.7 Å². The molecule has 0 radical (unpaired) electrons. The second kappa shape index (κ2) is 10.1. The highest BCUT2D eigenvalue weighted by molar-refractivity contribution is 5.85. The normalized spacial score (nSPS) is 15.2. The van der Waals surface area contributed by atoms with Gasteiger partial charge in [-0.2, -0.15) is 0 Å². The van der Waals surface area contributed by atoms with Crippen LogP contribution in [-0.4, -0.2) is 19.3 Å². The number of hydrogen-bond donors (Lipinski definition) is 1. The fourth-order valence-corrected chi connectivity index (χ4v) is 2.29. The van der Waals surface area contributed by atoms with Gasteiger partial charge < -0.3 is 15.2 Å². The van der Waals surface area contributed by atoms with Gasteiger partial charge in [0.15, 0.2) is 0 Å². The fourth-order valence-electron chi connectivity index (χ4n) is 2.29. The maximum atomic E-state index is 6.06. The Morgan fingerprint density at radius 2 is 2.05 bits per heavy atom. The summed E-state index contributed by atoms with van der Waals surface area (Å²) < 4.78 is 11.7. The van der Waals surface area contributed by atoms with Gasteiger partial charge in [0, 0.05) is 18.2 Å². The predicted octanol–water partition coefficient (Wildman–Crippen LogP) is 4.10. The van der Waals surface area contributed by atoms with Crippen molar-refractivity contribution >= 4 is 12.4 Å². The van der Waals surface area contributed by atoms with Crippen LogP contribution < -0.4 is 10.5 Å². The summed E-state index contributed by atoms with van der Waals surface area (Å²) in [5, 5.41) is 0. The van der Waals surface area contributed by atoms with Crippen LogP contribution in [0.5, 0.6) is 5.75 Å². The Bertz CT molecular complexity index is 435. The summed E-state index contributed by atoms with van der Waals surface area (Å²) in [6.07, 6.45) is 5.59. The number of ether oxygens (including phenoxy) is 2. The van der Waals surface area contributed by atoms with Crippen molar-refractivity contribution < 1.29 is 9.47 Å². The Morgan fingerprint density at radius 1 is 1.27 bits per heavy atom. The van der Waals surface area contributed by atoms with Crippen molar-refractivity contribution in [1.29, 1.82) is 0 Å². The average molecular weight is 328 g/mol. The van der Waals surface area contributed by atoms with Crippen LogP contribution in [0.15, 0.2) is 18.2 Å². The number of hydrogen-bond acceptors (Lipinski definition) is 3. The summed E-state index contributed by atoms with van der Waals surface area (Å²) in [7, 11) is 0. The van der Waals surface area contributed by atoms with E-state index in [0.29, 0.717) is 6.61 Å². The van der Waals surface area contributed by atoms with Gasteiger partial charge >= 0.3 is 0 Å². The second-order valence-electron chi connectivity index (χ2n) is 6.12. The molecule has 0 saturated heterocycles. The van der Waals surface area contributed by atoms with Gasteiger partial charge in [-0.15, -0.1) is 12.4 Å². The van der Waals surface area contributed by atoms with Crippen molar-refractivity contribution in [3.8, 4) is 5.75 Å². The molecule has 0 heterocycles. The smallest absolute Gasteiger partial charge is 0.124 e. The van der Waals surface area contributed by atoms with E-state index in [1.54, 1.807) is 0 Å². The van der Waals surface area contributed by atoms with Gasteiger partial charge in [-0.3, -0.25) is 0 Å². The first-order valence-corrected chi connectivity index (χ1v) is 8.30. The molecule has 3 nitrogen and oxygen atoms in total. The first-order valence-electron chi connectivity index (χ1n) is 8.30. The summed E-state index contributed by atoms with van der Waals surface area (Å²) in [4.78, 5) is 0. The molecule has 1 atom stereocenters. The van der Waals surface area contributed by atoms with Crippen LogP contribution in [0.4, 0.5) is 0 Å². The Hall–Kier alpha value is -0.770. The molecular weight excluding hydrogens is 298 g/mol. The van der Waals surface area contributed by atoms with E-state index < -0.39 is 0 Å². The average Bonchev–Trinajstić information content (AvgIpc) is 3.30. The number of nitrogens with two attached hydrogens (primary N) is 1. The van der Waals surface area contributed by atoms with Crippen molar-refractivity contribution in [3.63, 3.8) is 0 Å². The topological polar surface area (TPSA) is 44.5 Å². The molecule has 1 aromatic rings. The van der Waals surface area contributed by atoms with E-state index in [0.717, 1.165) is 49.7 Å². The molecule has 1 unspecified atom stereocenters. The monoisotopic (exact) mass is 327 g/mol. The highest BCUT2D eigenvalue weighted by Gasteiger charge is 2.21. The largest absolute Gasteiger partial charge is 0.493 e. The third-order valence-corrected chi connectivity index (χ3v) is 3.92. The van der Waals surface area contributed by atoms with E-state index in [2.05, 4.69) is 32.0 Å². The van der Waals surface area contributed by atoms with Gasteiger partial charge in [0.05, 0.1) is 13.2 Å². The maximum absolute atomic E-state index is 6.06. The Balaban J connectivity index is 0.00000242. The van der Waals surface area contributed by atoms with E-state index in [1.807, 2.05) is 0 Å². The Morgan fingerprint density at radius 3 is 2.68 bits per heavy atom. The number of halogens is 1. The van der Waals surface area contributed by atoms with Gasteiger partial charge in [-0.1, -0.05) is 19.9 Å². The molecule has 1 saturated carbocycles. The maximum Gasteiger partial charge on any atom is 0.124 e. The van der Waals surface area contributed by atoms with Gasteiger partial charge in [0.2, 0.25) is 0 Å². The van der Waals surface area contributed by atoms with Crippen LogP contribution in [0, 0.1) is 5.92 Å². The van der Waals surface area contributed by atoms with Crippen LogP contribution in [0.25, 0.3) is 0 Å².